The highest BCUT2D eigenvalue weighted by molar-refractivity contribution is 7.92. The molecule has 1 aromatic rings. The predicted molar refractivity (Wildman–Crippen MR) is 109 cm³/mol. The first kappa shape index (κ1) is 21.5. The number of unbranched alkanes of at least 4 members (excludes halogenated alkanes) is 1. The van der Waals surface area contributed by atoms with Crippen molar-refractivity contribution in [3.8, 4) is 5.75 Å². The van der Waals surface area contributed by atoms with Crippen LogP contribution in [0.5, 0.6) is 5.75 Å². The summed E-state index contributed by atoms with van der Waals surface area (Å²) in [6, 6.07) is 7.14. The fourth-order valence-corrected chi connectivity index (χ4v) is 5.32. The quantitative estimate of drug-likeness (QED) is 0.676. The Morgan fingerprint density at radius 3 is 2.41 bits per heavy atom. The molecule has 0 aliphatic carbocycles. The van der Waals surface area contributed by atoms with Crippen LogP contribution >= 0.6 is 0 Å². The molecule has 27 heavy (non-hydrogen) atoms. The molecule has 2 amide bonds. The van der Waals surface area contributed by atoms with Gasteiger partial charge in [0.1, 0.15) is 5.75 Å². The van der Waals surface area contributed by atoms with E-state index in [1.807, 2.05) is 38.1 Å². The van der Waals surface area contributed by atoms with Gasteiger partial charge in [0.2, 0.25) is 0 Å². The number of ether oxygens (including phenoxy) is 1. The molecule has 0 unspecified atom stereocenters. The van der Waals surface area contributed by atoms with Crippen LogP contribution in [0.1, 0.15) is 46.5 Å². The Balaban J connectivity index is 1.82. The molecule has 0 aromatic heterocycles. The van der Waals surface area contributed by atoms with Crippen molar-refractivity contribution in [2.24, 2.45) is 5.92 Å². The number of nitrogens with one attached hydrogen (secondary N) is 1. The molecule has 6 nitrogen and oxygen atoms in total. The summed E-state index contributed by atoms with van der Waals surface area (Å²) >= 11 is 0. The number of anilines is 1. The van der Waals surface area contributed by atoms with Crippen molar-refractivity contribution in [1.29, 1.82) is 0 Å². The Labute approximate surface area is 163 Å². The molecule has 7 heteroatoms. The molecule has 0 saturated carbocycles. The summed E-state index contributed by atoms with van der Waals surface area (Å²) in [6.45, 7) is 7.57. The van der Waals surface area contributed by atoms with Crippen LogP contribution in [0.3, 0.4) is 0 Å². The number of benzene rings is 1. The van der Waals surface area contributed by atoms with Crippen LogP contribution < -0.4 is 10.1 Å². The predicted octanol–water partition coefficient (Wildman–Crippen LogP) is 3.93. The van der Waals surface area contributed by atoms with E-state index >= 15 is 0 Å². The van der Waals surface area contributed by atoms with Crippen molar-refractivity contribution in [2.75, 3.05) is 30.8 Å². The van der Waals surface area contributed by atoms with Crippen molar-refractivity contribution < 1.29 is 17.9 Å². The van der Waals surface area contributed by atoms with E-state index in [9.17, 15) is 13.2 Å². The first-order valence-corrected chi connectivity index (χ1v) is 11.5. The molecule has 1 saturated heterocycles. The third-order valence-corrected chi connectivity index (χ3v) is 7.29. The SMILES string of the molecule is CCCCOc1ccc(NC(=O)N2CCC(S(=O)(=O)CC(C)C)CC2)cc1. The van der Waals surface area contributed by atoms with E-state index < -0.39 is 9.84 Å². The van der Waals surface area contributed by atoms with Crippen LogP contribution in [-0.2, 0) is 9.84 Å². The fourth-order valence-electron chi connectivity index (χ4n) is 3.19. The van der Waals surface area contributed by atoms with Crippen molar-refractivity contribution in [1.82, 2.24) is 4.90 Å². The molecule has 0 radical (unpaired) electrons. The van der Waals surface area contributed by atoms with Crippen molar-refractivity contribution in [3.63, 3.8) is 0 Å². The smallest absolute Gasteiger partial charge is 0.321 e. The molecule has 152 valence electrons. The first-order valence-electron chi connectivity index (χ1n) is 9.82. The van der Waals surface area contributed by atoms with E-state index in [2.05, 4.69) is 12.2 Å². The molecule has 1 aliphatic heterocycles. The van der Waals surface area contributed by atoms with Gasteiger partial charge >= 0.3 is 6.03 Å². The van der Waals surface area contributed by atoms with Crippen molar-refractivity contribution in [3.05, 3.63) is 24.3 Å². The Morgan fingerprint density at radius 1 is 1.22 bits per heavy atom. The van der Waals surface area contributed by atoms with Gasteiger partial charge in [-0.05, 0) is 49.4 Å². The minimum atomic E-state index is -3.08. The van der Waals surface area contributed by atoms with Crippen molar-refractivity contribution >= 4 is 21.6 Å². The molecule has 0 atom stereocenters. The van der Waals surface area contributed by atoms with Crippen LogP contribution in [-0.4, -0.2) is 50.0 Å². The van der Waals surface area contributed by atoms with E-state index in [1.54, 1.807) is 4.90 Å². The number of sulfone groups is 1. The molecule has 1 aromatic carbocycles. The van der Waals surface area contributed by atoms with Gasteiger partial charge in [-0.25, -0.2) is 13.2 Å². The lowest BCUT2D eigenvalue weighted by molar-refractivity contribution is 0.200. The summed E-state index contributed by atoms with van der Waals surface area (Å²) in [5, 5.41) is 2.54. The van der Waals surface area contributed by atoms with Gasteiger partial charge in [-0.15, -0.1) is 0 Å². The van der Waals surface area contributed by atoms with E-state index in [1.165, 1.54) is 0 Å². The minimum absolute atomic E-state index is 0.130. The monoisotopic (exact) mass is 396 g/mol. The summed E-state index contributed by atoms with van der Waals surface area (Å²) in [7, 11) is -3.08. The highest BCUT2D eigenvalue weighted by atomic mass is 32.2. The second-order valence-electron chi connectivity index (χ2n) is 7.57. The number of rotatable bonds is 8. The maximum Gasteiger partial charge on any atom is 0.321 e. The average Bonchev–Trinajstić information content (AvgIpc) is 2.62. The average molecular weight is 397 g/mol. The Hall–Kier alpha value is -1.76. The Kier molecular flexibility index (Phi) is 7.95. The Morgan fingerprint density at radius 2 is 1.85 bits per heavy atom. The fraction of sp³-hybridized carbons (Fsp3) is 0.650. The topological polar surface area (TPSA) is 75.7 Å². The molecule has 1 aliphatic rings. The highest BCUT2D eigenvalue weighted by Crippen LogP contribution is 2.22. The van der Waals surface area contributed by atoms with E-state index in [0.717, 1.165) is 18.6 Å². The lowest BCUT2D eigenvalue weighted by Gasteiger charge is -2.32. The van der Waals surface area contributed by atoms with Gasteiger partial charge in [0, 0.05) is 18.8 Å². The standard InChI is InChI=1S/C20H32N2O4S/c1-4-5-14-26-18-8-6-17(7-9-18)21-20(23)22-12-10-19(11-13-22)27(24,25)15-16(2)3/h6-9,16,19H,4-5,10-15H2,1-3H3,(H,21,23). The molecule has 1 N–H and O–H groups in total. The van der Waals surface area contributed by atoms with Gasteiger partial charge in [0.05, 0.1) is 17.6 Å². The van der Waals surface area contributed by atoms with Crippen LogP contribution in [0.25, 0.3) is 0 Å². The number of hydrogen-bond acceptors (Lipinski definition) is 4. The van der Waals surface area contributed by atoms with Crippen LogP contribution in [0.2, 0.25) is 0 Å². The molecule has 2 rings (SSSR count). The third-order valence-electron chi connectivity index (χ3n) is 4.67. The van der Waals surface area contributed by atoms with Gasteiger partial charge in [-0.1, -0.05) is 27.2 Å². The second kappa shape index (κ2) is 9.97. The van der Waals surface area contributed by atoms with E-state index in [0.29, 0.717) is 38.2 Å². The van der Waals surface area contributed by atoms with Gasteiger partial charge in [0.15, 0.2) is 9.84 Å². The van der Waals surface area contributed by atoms with Gasteiger partial charge in [-0.2, -0.15) is 0 Å². The summed E-state index contributed by atoms with van der Waals surface area (Å²) in [6.07, 6.45) is 3.12. The summed E-state index contributed by atoms with van der Waals surface area (Å²) in [4.78, 5) is 14.1. The maximum absolute atomic E-state index is 12.4. The number of piperidine rings is 1. The molecular weight excluding hydrogens is 364 g/mol. The maximum atomic E-state index is 12.4. The van der Waals surface area contributed by atoms with E-state index in [-0.39, 0.29) is 23.0 Å². The number of nitrogens with zero attached hydrogens (tertiary/aromatic N) is 1. The molecule has 1 fully saturated rings. The first-order chi connectivity index (χ1) is 12.8. The zero-order valence-electron chi connectivity index (χ0n) is 16.6. The largest absolute Gasteiger partial charge is 0.494 e. The van der Waals surface area contributed by atoms with Crippen LogP contribution in [0, 0.1) is 5.92 Å². The number of amides is 2. The third kappa shape index (κ3) is 6.72. The summed E-state index contributed by atoms with van der Waals surface area (Å²) < 4.78 is 30.3. The van der Waals surface area contributed by atoms with Crippen LogP contribution in [0.4, 0.5) is 10.5 Å². The second-order valence-corrected chi connectivity index (χ2v) is 9.89. The zero-order chi connectivity index (χ0) is 19.9. The molecule has 1 heterocycles. The number of carbonyl (C=O) groups excluding carboxylic acids is 1. The normalized spacial score (nSPS) is 15.8. The zero-order valence-corrected chi connectivity index (χ0v) is 17.4. The number of hydrogen-bond donors (Lipinski definition) is 1. The van der Waals surface area contributed by atoms with Crippen LogP contribution in [0.15, 0.2) is 24.3 Å². The number of carbonyl (C=O) groups is 1. The summed E-state index contributed by atoms with van der Waals surface area (Å²) in [5.74, 6) is 1.14. The molecule has 0 bridgehead atoms. The molecular formula is C20H32N2O4S. The van der Waals surface area contributed by atoms with E-state index in [4.69, 9.17) is 4.74 Å². The number of likely N-dealkylation sites (tertiary alicyclic amines) is 1. The lowest BCUT2D eigenvalue weighted by atomic mass is 10.1. The lowest BCUT2D eigenvalue weighted by Crippen LogP contribution is -2.45. The minimum Gasteiger partial charge on any atom is -0.494 e. The Bertz CT molecular complexity index is 693. The van der Waals surface area contributed by atoms with Gasteiger partial charge in [0.25, 0.3) is 0 Å². The number of urea groups is 1. The van der Waals surface area contributed by atoms with Gasteiger partial charge < -0.3 is 15.0 Å². The highest BCUT2D eigenvalue weighted by Gasteiger charge is 2.31. The molecule has 0 spiro atoms. The van der Waals surface area contributed by atoms with Crippen molar-refractivity contribution in [2.45, 2.75) is 51.7 Å². The summed E-state index contributed by atoms with van der Waals surface area (Å²) in [5.41, 5.74) is 0.706. The van der Waals surface area contributed by atoms with Gasteiger partial charge in [-0.3, -0.25) is 0 Å².